The van der Waals surface area contributed by atoms with Crippen LogP contribution in [0.25, 0.3) is 0 Å². The van der Waals surface area contributed by atoms with Crippen LogP contribution in [0.3, 0.4) is 0 Å². The summed E-state index contributed by atoms with van der Waals surface area (Å²) in [6.45, 7) is 51.8. The highest BCUT2D eigenvalue weighted by Gasteiger charge is 2.54. The summed E-state index contributed by atoms with van der Waals surface area (Å²) < 4.78 is 37.1. The summed E-state index contributed by atoms with van der Waals surface area (Å²) in [5, 5.41) is 12.6. The smallest absolute Gasteiger partial charge is 0.0924 e. The molecule has 0 spiro atoms. The van der Waals surface area contributed by atoms with Crippen molar-refractivity contribution in [3.8, 4) is 0 Å². The van der Waals surface area contributed by atoms with Crippen LogP contribution in [0.5, 0.6) is 0 Å². The largest absolute Gasteiger partial charge is 0.387 e. The molecule has 0 bridgehead atoms. The number of epoxide rings is 1. The van der Waals surface area contributed by atoms with Gasteiger partial charge in [-0.1, -0.05) is 458 Å². The molecule has 680 valence electrons. The van der Waals surface area contributed by atoms with Crippen LogP contribution >= 0.6 is 0 Å². The molecule has 18 atom stereocenters. The van der Waals surface area contributed by atoms with Crippen molar-refractivity contribution in [3.05, 3.63) is 0 Å². The molecule has 0 aromatic carbocycles. The van der Waals surface area contributed by atoms with Gasteiger partial charge in [-0.15, -0.1) is 0 Å². The minimum atomic E-state index is -0.874. The predicted molar refractivity (Wildman–Crippen MR) is 503 cm³/mol. The quantitative estimate of drug-likeness (QED) is 0.0483. The van der Waals surface area contributed by atoms with Crippen molar-refractivity contribution in [2.45, 2.75) is 615 Å². The number of ether oxygens (including phenoxy) is 5. The third kappa shape index (κ3) is 53.1. The molecule has 3 heterocycles. The Bertz CT molecular complexity index is 2160. The lowest BCUT2D eigenvalue weighted by Gasteiger charge is -2.53. The van der Waals surface area contributed by atoms with Crippen LogP contribution < -0.4 is 0 Å². The molecule has 1 N–H and O–H groups in total. The first kappa shape index (κ1) is 108. The Morgan fingerprint density at radius 3 is 0.939 bits per heavy atom. The fourth-order valence-corrected chi connectivity index (χ4v) is 20.9. The van der Waals surface area contributed by atoms with Gasteiger partial charge in [0, 0.05) is 6.61 Å². The number of hydrogen-bond donors (Lipinski definition) is 1. The van der Waals surface area contributed by atoms with E-state index < -0.39 is 22.4 Å². The number of aliphatic hydroxyl groups is 1. The second-order valence-corrected chi connectivity index (χ2v) is 44.3. The highest BCUT2D eigenvalue weighted by atomic mass is 16.6. The van der Waals surface area contributed by atoms with Crippen LogP contribution in [0.2, 0.25) is 0 Å². The van der Waals surface area contributed by atoms with Gasteiger partial charge < -0.3 is 28.8 Å². The molecule has 0 aliphatic carbocycles. The van der Waals surface area contributed by atoms with Crippen molar-refractivity contribution in [2.75, 3.05) is 6.61 Å². The van der Waals surface area contributed by atoms with Crippen molar-refractivity contribution in [2.24, 2.45) is 71.0 Å². The van der Waals surface area contributed by atoms with Gasteiger partial charge in [0.15, 0.2) is 0 Å². The number of hydrogen-bond acceptors (Lipinski definition) is 6. The maximum absolute atomic E-state index is 12.6. The van der Waals surface area contributed by atoms with Gasteiger partial charge in [0.05, 0.1) is 59.0 Å². The summed E-state index contributed by atoms with van der Waals surface area (Å²) in [4.78, 5) is 0. The third-order valence-corrected chi connectivity index (χ3v) is 29.5. The second kappa shape index (κ2) is 64.5. The maximum Gasteiger partial charge on any atom is 0.0924 e. The van der Waals surface area contributed by atoms with Crippen LogP contribution in [0.4, 0.5) is 0 Å². The Balaban J connectivity index is 1.78. The van der Waals surface area contributed by atoms with Crippen LogP contribution in [0.15, 0.2) is 0 Å². The van der Waals surface area contributed by atoms with Gasteiger partial charge in [-0.3, -0.25) is 0 Å². The van der Waals surface area contributed by atoms with Crippen LogP contribution in [-0.4, -0.2) is 70.7 Å². The lowest BCUT2D eigenvalue weighted by Crippen LogP contribution is -2.60. The standard InChI is InChI=1S/C108H212O6/c1-22-23-24-25-38-41-76-99-100(111-99)77-42-39-36-34-32-30-28-26-27-29-31-33-35-37-40-43-86-110-102-79-81-104(113-106(102,19)83-53-73-96(15)69-49-65-92(11)61-45-57-88(4)5)108(21,85-55-75-98(17)71-51-67-94(13)63-47-59-90(8)9)114-107(20,84-54-74-97(16)70-50-66-93(12)62-46-58-89(6)7)103-80-78-101(112-103)105(18,109)82-52-72-95(14)68-48-64-91(10)60-44-56-87(2)3/h87-104,109H,22-86H2,1-21H3/t91-,92-,93-,94-,95-,96-,97-,98-,99-,100-,101+,102-,103-,104+,105+,106+,107+,108+/m1/s1. The first-order valence-corrected chi connectivity index (χ1v) is 52.5. The van der Waals surface area contributed by atoms with Gasteiger partial charge in [-0.25, -0.2) is 0 Å². The van der Waals surface area contributed by atoms with E-state index >= 15 is 0 Å². The molecule has 0 aromatic heterocycles. The fraction of sp³-hybridized carbons (Fsp3) is 1.00. The van der Waals surface area contributed by atoms with E-state index in [1.54, 1.807) is 0 Å². The van der Waals surface area contributed by atoms with Gasteiger partial charge >= 0.3 is 0 Å². The topological polar surface area (TPSA) is 69.7 Å². The zero-order valence-electron chi connectivity index (χ0n) is 81.8. The molecule has 3 saturated heterocycles. The molecule has 3 fully saturated rings. The van der Waals surface area contributed by atoms with E-state index in [0.717, 1.165) is 131 Å². The monoisotopic (exact) mass is 1610 g/mol. The molecule has 6 heteroatoms. The summed E-state index contributed by atoms with van der Waals surface area (Å²) in [6, 6.07) is 0. The zero-order chi connectivity index (χ0) is 83.9. The molecule has 114 heavy (non-hydrogen) atoms. The zero-order valence-corrected chi connectivity index (χ0v) is 81.8. The Morgan fingerprint density at radius 1 is 0.307 bits per heavy atom. The fourth-order valence-electron chi connectivity index (χ4n) is 20.9. The van der Waals surface area contributed by atoms with Crippen LogP contribution in [0, 0.1) is 71.0 Å². The highest BCUT2D eigenvalue weighted by molar-refractivity contribution is 5.02. The predicted octanol–water partition coefficient (Wildman–Crippen LogP) is 35.0. The third-order valence-electron chi connectivity index (χ3n) is 29.5. The Labute approximate surface area is 717 Å². The maximum atomic E-state index is 12.6. The van der Waals surface area contributed by atoms with E-state index in [1.807, 2.05) is 0 Å². The van der Waals surface area contributed by atoms with Crippen molar-refractivity contribution in [1.29, 1.82) is 0 Å². The number of rotatable bonds is 80. The second-order valence-electron chi connectivity index (χ2n) is 44.3. The average Bonchev–Trinajstić information content (AvgIpc) is 1.26. The lowest BCUT2D eigenvalue weighted by atomic mass is 9.78. The summed E-state index contributed by atoms with van der Waals surface area (Å²) in [7, 11) is 0. The van der Waals surface area contributed by atoms with Gasteiger partial charge in [-0.2, -0.15) is 0 Å². The molecule has 6 nitrogen and oxygen atoms in total. The molecule has 3 rings (SSSR count). The molecule has 0 radical (unpaired) electrons. The van der Waals surface area contributed by atoms with Crippen molar-refractivity contribution >= 4 is 0 Å². The molecule has 3 aliphatic rings. The van der Waals surface area contributed by atoms with E-state index in [2.05, 4.69) is 145 Å². The summed E-state index contributed by atoms with van der Waals surface area (Å²) in [6.07, 6.45) is 83.5. The Kier molecular flexibility index (Phi) is 61.1. The first-order valence-electron chi connectivity index (χ1n) is 52.5. The summed E-state index contributed by atoms with van der Waals surface area (Å²) in [5.74, 6) is 9.28. The van der Waals surface area contributed by atoms with Crippen molar-refractivity contribution < 1.29 is 28.8 Å². The van der Waals surface area contributed by atoms with E-state index in [0.29, 0.717) is 35.9 Å². The average molecular weight is 1610 g/mol. The van der Waals surface area contributed by atoms with Gasteiger partial charge in [-0.05, 0) is 169 Å². The minimum Gasteiger partial charge on any atom is -0.387 e. The summed E-state index contributed by atoms with van der Waals surface area (Å²) in [5.41, 5.74) is -2.31. The van der Waals surface area contributed by atoms with Gasteiger partial charge in [0.2, 0.25) is 0 Å². The van der Waals surface area contributed by atoms with E-state index in [9.17, 15) is 5.11 Å². The molecule has 0 unspecified atom stereocenters. The van der Waals surface area contributed by atoms with E-state index in [1.165, 1.54) is 334 Å². The van der Waals surface area contributed by atoms with E-state index in [-0.39, 0.29) is 24.4 Å². The highest BCUT2D eigenvalue weighted by Crippen LogP contribution is 2.48. The first-order chi connectivity index (χ1) is 54.5. The SMILES string of the molecule is CCCCCCCC[C@H]1O[C@@H]1CCCCCCCCCCCCCCCCCCO[C@@H]1CC[C@@H]([C@](C)(CCC[C@H](C)CCC[C@H](C)CCCC(C)C)O[C@@](C)(CCC[C@H](C)CCC[C@H](C)CCCC(C)C)[C@H]2CC[C@@H]([C@@](C)(O)CCC[C@H](C)CCC[C@H](C)CCCC(C)C)O2)O[C@@]1(C)CCC[C@H](C)CCC[C@H](C)CCCC(C)C. The Morgan fingerprint density at radius 2 is 0.588 bits per heavy atom. The van der Waals surface area contributed by atoms with Gasteiger partial charge in [0.25, 0.3) is 0 Å². The molecule has 0 aromatic rings. The van der Waals surface area contributed by atoms with E-state index in [4.69, 9.17) is 23.7 Å². The Hall–Kier alpha value is -0.240. The normalized spacial score (nSPS) is 23.3. The minimum absolute atomic E-state index is 0.0456. The van der Waals surface area contributed by atoms with Crippen molar-refractivity contribution in [3.63, 3.8) is 0 Å². The molecule has 0 amide bonds. The van der Waals surface area contributed by atoms with Gasteiger partial charge in [0.1, 0.15) is 0 Å². The van der Waals surface area contributed by atoms with Crippen molar-refractivity contribution in [1.82, 2.24) is 0 Å². The van der Waals surface area contributed by atoms with Crippen LogP contribution in [-0.2, 0) is 23.7 Å². The number of unbranched alkanes of at least 4 members (excludes halogenated alkanes) is 20. The molecular weight excluding hydrogens is 1390 g/mol. The van der Waals surface area contributed by atoms with Crippen LogP contribution in [0.1, 0.15) is 556 Å². The molecule has 0 saturated carbocycles. The molecule has 3 aliphatic heterocycles. The lowest BCUT2D eigenvalue weighted by molar-refractivity contribution is -0.287. The molecular formula is C108H212O6. The summed E-state index contributed by atoms with van der Waals surface area (Å²) >= 11 is 0.